The Kier molecular flexibility index (Phi) is 5.11. The van der Waals surface area contributed by atoms with Gasteiger partial charge in [-0.1, -0.05) is 29.8 Å². The maximum atomic E-state index is 13.8. The number of ether oxygens (including phenoxy) is 1. The molecule has 0 fully saturated rings. The summed E-state index contributed by atoms with van der Waals surface area (Å²) in [7, 11) is 0. The molecule has 2 heterocycles. The monoisotopic (exact) mass is 399 g/mol. The Labute approximate surface area is 165 Å². The predicted molar refractivity (Wildman–Crippen MR) is 103 cm³/mol. The minimum absolute atomic E-state index is 0.238. The van der Waals surface area contributed by atoms with Crippen molar-refractivity contribution in [2.75, 3.05) is 6.61 Å². The zero-order valence-corrected chi connectivity index (χ0v) is 15.4. The number of aromatic nitrogens is 1. The van der Waals surface area contributed by atoms with E-state index in [1.807, 2.05) is 12.1 Å². The van der Waals surface area contributed by atoms with E-state index >= 15 is 0 Å². The van der Waals surface area contributed by atoms with Crippen LogP contribution >= 0.6 is 11.6 Å². The first kappa shape index (κ1) is 18.6. The summed E-state index contributed by atoms with van der Waals surface area (Å²) < 4.78 is 33.4. The van der Waals surface area contributed by atoms with E-state index in [2.05, 4.69) is 4.98 Å². The Bertz CT molecular complexity index is 1000. The number of hydrogen-bond donors (Lipinski definition) is 1. The van der Waals surface area contributed by atoms with Crippen LogP contribution in [0.5, 0.6) is 0 Å². The van der Waals surface area contributed by atoms with Gasteiger partial charge in [-0.2, -0.15) is 0 Å². The Hall–Kier alpha value is -2.76. The molecule has 3 aromatic rings. The lowest BCUT2D eigenvalue weighted by molar-refractivity contribution is 0.209. The fourth-order valence-corrected chi connectivity index (χ4v) is 3.56. The van der Waals surface area contributed by atoms with Gasteiger partial charge in [-0.3, -0.25) is 4.98 Å². The highest BCUT2D eigenvalue weighted by Crippen LogP contribution is 2.45. The van der Waals surface area contributed by atoms with Crippen LogP contribution in [0.15, 0.2) is 72.6 Å². The van der Waals surface area contributed by atoms with Crippen LogP contribution in [0.2, 0.25) is 5.02 Å². The van der Waals surface area contributed by atoms with Gasteiger partial charge in [0.15, 0.2) is 0 Å². The molecule has 0 spiro atoms. The molecule has 0 saturated carbocycles. The Morgan fingerprint density at radius 2 is 1.79 bits per heavy atom. The number of hydrogen-bond acceptors (Lipinski definition) is 3. The third-order valence-corrected chi connectivity index (χ3v) is 4.98. The van der Waals surface area contributed by atoms with E-state index in [1.54, 1.807) is 36.7 Å². The smallest absolute Gasteiger partial charge is 0.129 e. The molecule has 3 nitrogen and oxygen atoms in total. The normalized spacial score (nSPS) is 17.5. The van der Waals surface area contributed by atoms with Crippen molar-refractivity contribution < 1.29 is 18.6 Å². The average molecular weight is 400 g/mol. The number of aliphatic hydroxyl groups excluding tert-OH is 1. The van der Waals surface area contributed by atoms with E-state index in [1.165, 1.54) is 12.1 Å². The Morgan fingerprint density at radius 1 is 1.07 bits per heavy atom. The first-order valence-corrected chi connectivity index (χ1v) is 9.07. The molecule has 0 bridgehead atoms. The molecule has 1 aliphatic rings. The van der Waals surface area contributed by atoms with Crippen LogP contribution in [-0.4, -0.2) is 16.7 Å². The molecule has 1 aliphatic heterocycles. The van der Waals surface area contributed by atoms with Gasteiger partial charge >= 0.3 is 0 Å². The second-order valence-electron chi connectivity index (χ2n) is 6.55. The van der Waals surface area contributed by atoms with Gasteiger partial charge in [0.25, 0.3) is 0 Å². The van der Waals surface area contributed by atoms with Crippen LogP contribution in [0, 0.1) is 11.6 Å². The van der Waals surface area contributed by atoms with Crippen LogP contribution in [0.4, 0.5) is 8.78 Å². The highest BCUT2D eigenvalue weighted by molar-refractivity contribution is 6.30. The number of halogens is 3. The third-order valence-electron chi connectivity index (χ3n) is 4.72. The van der Waals surface area contributed by atoms with Crippen LogP contribution in [0.3, 0.4) is 0 Å². The van der Waals surface area contributed by atoms with Gasteiger partial charge in [0, 0.05) is 46.1 Å². The van der Waals surface area contributed by atoms with E-state index in [0.29, 0.717) is 16.2 Å². The quantitative estimate of drug-likeness (QED) is 0.649. The van der Waals surface area contributed by atoms with Gasteiger partial charge in [-0.25, -0.2) is 8.78 Å². The van der Waals surface area contributed by atoms with Gasteiger partial charge in [0.2, 0.25) is 0 Å². The van der Waals surface area contributed by atoms with Gasteiger partial charge in [-0.05, 0) is 35.9 Å². The van der Waals surface area contributed by atoms with Crippen molar-refractivity contribution in [1.82, 2.24) is 4.98 Å². The second-order valence-corrected chi connectivity index (χ2v) is 6.98. The second kappa shape index (κ2) is 7.70. The number of nitrogens with zero attached hydrogens (tertiary/aromatic N) is 1. The largest absolute Gasteiger partial charge is 0.492 e. The molecule has 2 atom stereocenters. The third kappa shape index (κ3) is 3.63. The summed E-state index contributed by atoms with van der Waals surface area (Å²) in [5.41, 5.74) is 2.22. The molecule has 1 aromatic heterocycles. The van der Waals surface area contributed by atoms with Crippen molar-refractivity contribution in [3.05, 3.63) is 106 Å². The number of pyridine rings is 1. The SMILES string of the molecule is OC(C1=C(c2cc(F)cc(F)c2)OCC1c1ccc(Cl)cc1)c1cccnc1. The van der Waals surface area contributed by atoms with E-state index in [0.717, 1.165) is 11.6 Å². The number of benzene rings is 2. The molecular weight excluding hydrogens is 384 g/mol. The van der Waals surface area contributed by atoms with Crippen molar-refractivity contribution in [2.24, 2.45) is 0 Å². The van der Waals surface area contributed by atoms with Gasteiger partial charge in [0.1, 0.15) is 23.5 Å². The minimum atomic E-state index is -1.04. The zero-order chi connectivity index (χ0) is 19.7. The van der Waals surface area contributed by atoms with Crippen molar-refractivity contribution in [3.8, 4) is 0 Å². The summed E-state index contributed by atoms with van der Waals surface area (Å²) in [4.78, 5) is 4.05. The maximum Gasteiger partial charge on any atom is 0.129 e. The summed E-state index contributed by atoms with van der Waals surface area (Å²) in [5.74, 6) is -1.45. The fourth-order valence-electron chi connectivity index (χ4n) is 3.44. The highest BCUT2D eigenvalue weighted by Gasteiger charge is 2.35. The molecule has 142 valence electrons. The summed E-state index contributed by atoms with van der Waals surface area (Å²) >= 11 is 5.99. The molecule has 0 saturated heterocycles. The molecular formula is C22H16ClF2NO2. The summed E-state index contributed by atoms with van der Waals surface area (Å²) in [5, 5.41) is 11.7. The first-order chi connectivity index (χ1) is 13.5. The fraction of sp³-hybridized carbons (Fsp3) is 0.136. The number of rotatable bonds is 4. The van der Waals surface area contributed by atoms with Crippen molar-refractivity contribution in [3.63, 3.8) is 0 Å². The van der Waals surface area contributed by atoms with Crippen LogP contribution in [0.25, 0.3) is 5.76 Å². The summed E-state index contributed by atoms with van der Waals surface area (Å²) in [6.07, 6.45) is 2.12. The molecule has 2 aromatic carbocycles. The maximum absolute atomic E-state index is 13.8. The van der Waals surface area contributed by atoms with Gasteiger partial charge in [0.05, 0.1) is 6.61 Å². The van der Waals surface area contributed by atoms with E-state index in [4.69, 9.17) is 16.3 Å². The topological polar surface area (TPSA) is 42.4 Å². The molecule has 1 N–H and O–H groups in total. The predicted octanol–water partition coefficient (Wildman–Crippen LogP) is 5.27. The van der Waals surface area contributed by atoms with E-state index in [-0.39, 0.29) is 23.8 Å². The molecule has 0 radical (unpaired) electrons. The summed E-state index contributed by atoms with van der Waals surface area (Å²) in [6.45, 7) is 0.238. The average Bonchev–Trinajstić information content (AvgIpc) is 3.13. The first-order valence-electron chi connectivity index (χ1n) is 8.69. The van der Waals surface area contributed by atoms with Crippen LogP contribution < -0.4 is 0 Å². The highest BCUT2D eigenvalue weighted by atomic mass is 35.5. The summed E-state index contributed by atoms with van der Waals surface area (Å²) in [6, 6.07) is 13.8. The van der Waals surface area contributed by atoms with Crippen molar-refractivity contribution >= 4 is 17.4 Å². The molecule has 28 heavy (non-hydrogen) atoms. The lowest BCUT2D eigenvalue weighted by Gasteiger charge is -2.19. The zero-order valence-electron chi connectivity index (χ0n) is 14.6. The molecule has 0 aliphatic carbocycles. The van der Waals surface area contributed by atoms with E-state index in [9.17, 15) is 13.9 Å². The standard InChI is InChI=1S/C22H16ClF2NO2/c23-16-5-3-13(4-6-16)19-12-28-22(15-8-17(24)10-18(25)9-15)20(19)21(27)14-2-1-7-26-11-14/h1-11,19,21,27H,12H2. The number of aliphatic hydroxyl groups is 1. The van der Waals surface area contributed by atoms with E-state index < -0.39 is 17.7 Å². The minimum Gasteiger partial charge on any atom is -0.492 e. The molecule has 2 unspecified atom stereocenters. The Balaban J connectivity index is 1.86. The van der Waals surface area contributed by atoms with Gasteiger partial charge in [-0.15, -0.1) is 0 Å². The van der Waals surface area contributed by atoms with Crippen LogP contribution in [0.1, 0.15) is 28.7 Å². The molecule has 6 heteroatoms. The van der Waals surface area contributed by atoms with Crippen molar-refractivity contribution in [2.45, 2.75) is 12.0 Å². The lowest BCUT2D eigenvalue weighted by Crippen LogP contribution is -2.10. The van der Waals surface area contributed by atoms with Crippen molar-refractivity contribution in [1.29, 1.82) is 0 Å². The molecule has 0 amide bonds. The van der Waals surface area contributed by atoms with Crippen LogP contribution in [-0.2, 0) is 4.74 Å². The lowest BCUT2D eigenvalue weighted by atomic mass is 9.86. The molecule has 4 rings (SSSR count). The Morgan fingerprint density at radius 3 is 2.43 bits per heavy atom. The van der Waals surface area contributed by atoms with Gasteiger partial charge < -0.3 is 9.84 Å².